The molecule has 1 saturated carbocycles. The maximum atomic E-state index is 12.1. The maximum Gasteiger partial charge on any atom is 0.226 e. The third kappa shape index (κ3) is 4.39. The molecule has 0 saturated heterocycles. The lowest BCUT2D eigenvalue weighted by atomic mass is 10.1. The highest BCUT2D eigenvalue weighted by Crippen LogP contribution is 2.25. The monoisotopic (exact) mass is 330 g/mol. The van der Waals surface area contributed by atoms with Gasteiger partial charge in [-0.25, -0.2) is 4.98 Å². The van der Waals surface area contributed by atoms with Gasteiger partial charge in [-0.3, -0.25) is 4.79 Å². The summed E-state index contributed by atoms with van der Waals surface area (Å²) >= 11 is 1.64. The van der Waals surface area contributed by atoms with Crippen molar-refractivity contribution in [3.05, 3.63) is 52.0 Å². The Morgan fingerprint density at radius 2 is 2.09 bits per heavy atom. The van der Waals surface area contributed by atoms with Crippen molar-refractivity contribution < 1.29 is 9.90 Å². The van der Waals surface area contributed by atoms with Crippen LogP contribution in [0.5, 0.6) is 0 Å². The van der Waals surface area contributed by atoms with Gasteiger partial charge in [-0.1, -0.05) is 30.3 Å². The van der Waals surface area contributed by atoms with E-state index in [1.165, 1.54) is 5.56 Å². The van der Waals surface area contributed by atoms with Crippen molar-refractivity contribution in [1.29, 1.82) is 0 Å². The van der Waals surface area contributed by atoms with E-state index in [1.54, 1.807) is 11.3 Å². The topological polar surface area (TPSA) is 62.2 Å². The van der Waals surface area contributed by atoms with Gasteiger partial charge >= 0.3 is 0 Å². The Balaban J connectivity index is 1.46. The molecule has 2 aromatic rings. The Morgan fingerprint density at radius 3 is 2.83 bits per heavy atom. The molecular formula is C18H22N2O2S. The fourth-order valence-electron chi connectivity index (χ4n) is 3.00. The van der Waals surface area contributed by atoms with Crippen LogP contribution >= 0.6 is 11.3 Å². The molecule has 0 radical (unpaired) electrons. The molecule has 1 aliphatic rings. The van der Waals surface area contributed by atoms with Crippen LogP contribution in [-0.2, 0) is 24.2 Å². The van der Waals surface area contributed by atoms with Gasteiger partial charge in [-0.15, -0.1) is 11.3 Å². The summed E-state index contributed by atoms with van der Waals surface area (Å²) in [6.07, 6.45) is 3.87. The second-order valence-electron chi connectivity index (χ2n) is 6.04. The number of amides is 1. The Morgan fingerprint density at radius 1 is 1.26 bits per heavy atom. The minimum Gasteiger partial charge on any atom is -0.392 e. The van der Waals surface area contributed by atoms with Gasteiger partial charge in [0.2, 0.25) is 5.91 Å². The van der Waals surface area contributed by atoms with Gasteiger partial charge in [-0.05, 0) is 31.2 Å². The van der Waals surface area contributed by atoms with Gasteiger partial charge in [-0.2, -0.15) is 0 Å². The Kier molecular flexibility index (Phi) is 5.41. The standard InChI is InChI=1S/C18H22N2O2S/c21-16-8-4-7-15(16)18(22)19-11-14-12-23-17(20-14)10-9-13-5-2-1-3-6-13/h1-3,5-6,12,15-16,21H,4,7-11H2,(H,19,22). The van der Waals surface area contributed by atoms with E-state index >= 15 is 0 Å². The van der Waals surface area contributed by atoms with Gasteiger partial charge in [0.1, 0.15) is 0 Å². The predicted octanol–water partition coefficient (Wildman–Crippen LogP) is 2.71. The number of rotatable bonds is 6. The second kappa shape index (κ2) is 7.70. The first kappa shape index (κ1) is 16.1. The third-order valence-corrected chi connectivity index (χ3v) is 5.29. The third-order valence-electron chi connectivity index (χ3n) is 4.33. The number of nitrogens with zero attached hydrogens (tertiary/aromatic N) is 1. The average molecular weight is 330 g/mol. The highest BCUT2D eigenvalue weighted by molar-refractivity contribution is 7.09. The van der Waals surface area contributed by atoms with Gasteiger partial charge in [0.25, 0.3) is 0 Å². The Hall–Kier alpha value is -1.72. The summed E-state index contributed by atoms with van der Waals surface area (Å²) < 4.78 is 0. The van der Waals surface area contributed by atoms with Crippen LogP contribution in [0, 0.1) is 5.92 Å². The van der Waals surface area contributed by atoms with E-state index in [4.69, 9.17) is 0 Å². The lowest BCUT2D eigenvalue weighted by Crippen LogP contribution is -2.34. The number of hydrogen-bond donors (Lipinski definition) is 2. The molecule has 1 heterocycles. The molecule has 1 fully saturated rings. The molecule has 2 unspecified atom stereocenters. The first-order valence-corrected chi connectivity index (χ1v) is 9.03. The molecule has 0 bridgehead atoms. The highest BCUT2D eigenvalue weighted by atomic mass is 32.1. The van der Waals surface area contributed by atoms with Crippen LogP contribution in [0.1, 0.15) is 35.5 Å². The number of aliphatic hydroxyl groups is 1. The summed E-state index contributed by atoms with van der Waals surface area (Å²) in [5, 5.41) is 15.8. The predicted molar refractivity (Wildman–Crippen MR) is 91.2 cm³/mol. The summed E-state index contributed by atoms with van der Waals surface area (Å²) in [6, 6.07) is 10.4. The molecule has 0 aliphatic heterocycles. The molecule has 1 aromatic carbocycles. The number of aromatic nitrogens is 1. The van der Waals surface area contributed by atoms with E-state index in [0.717, 1.165) is 42.8 Å². The number of benzene rings is 1. The van der Waals surface area contributed by atoms with E-state index in [-0.39, 0.29) is 11.8 Å². The normalized spacial score (nSPS) is 20.6. The minimum absolute atomic E-state index is 0.0474. The number of nitrogens with one attached hydrogen (secondary N) is 1. The zero-order valence-electron chi connectivity index (χ0n) is 13.1. The van der Waals surface area contributed by atoms with Gasteiger partial charge in [0.15, 0.2) is 0 Å². The summed E-state index contributed by atoms with van der Waals surface area (Å²) in [7, 11) is 0. The SMILES string of the molecule is O=C(NCc1csc(CCc2ccccc2)n1)C1CCCC1O. The molecule has 2 atom stereocenters. The zero-order chi connectivity index (χ0) is 16.1. The summed E-state index contributed by atoms with van der Waals surface area (Å²) in [4.78, 5) is 16.6. The molecule has 4 nitrogen and oxygen atoms in total. The van der Waals surface area contributed by atoms with Crippen LogP contribution in [0.15, 0.2) is 35.7 Å². The van der Waals surface area contributed by atoms with Crippen LogP contribution < -0.4 is 5.32 Å². The quantitative estimate of drug-likeness (QED) is 0.856. The number of carbonyl (C=O) groups excluding carboxylic acids is 1. The lowest BCUT2D eigenvalue weighted by molar-refractivity contribution is -0.127. The van der Waals surface area contributed by atoms with Gasteiger partial charge < -0.3 is 10.4 Å². The van der Waals surface area contributed by atoms with E-state index in [2.05, 4.69) is 34.6 Å². The fourth-order valence-corrected chi connectivity index (χ4v) is 3.79. The van der Waals surface area contributed by atoms with Crippen molar-refractivity contribution in [2.24, 2.45) is 5.92 Å². The Labute approximate surface area is 140 Å². The van der Waals surface area contributed by atoms with Crippen LogP contribution in [-0.4, -0.2) is 22.1 Å². The van der Waals surface area contributed by atoms with E-state index < -0.39 is 6.10 Å². The van der Waals surface area contributed by atoms with Crippen LogP contribution in [0.2, 0.25) is 0 Å². The molecule has 122 valence electrons. The van der Waals surface area contributed by atoms with Crippen molar-refractivity contribution in [2.45, 2.75) is 44.8 Å². The summed E-state index contributed by atoms with van der Waals surface area (Å²) in [5.41, 5.74) is 2.21. The number of hydrogen-bond acceptors (Lipinski definition) is 4. The number of carbonyl (C=O) groups is 1. The number of aliphatic hydroxyl groups excluding tert-OH is 1. The van der Waals surface area contributed by atoms with Crippen molar-refractivity contribution >= 4 is 17.2 Å². The molecular weight excluding hydrogens is 308 g/mol. The van der Waals surface area contributed by atoms with E-state index in [9.17, 15) is 9.90 Å². The maximum absolute atomic E-state index is 12.1. The summed E-state index contributed by atoms with van der Waals surface area (Å²) in [6.45, 7) is 0.448. The average Bonchev–Trinajstić information content (AvgIpc) is 3.20. The lowest BCUT2D eigenvalue weighted by Gasteiger charge is -2.13. The van der Waals surface area contributed by atoms with Crippen molar-refractivity contribution in [3.63, 3.8) is 0 Å². The summed E-state index contributed by atoms with van der Waals surface area (Å²) in [5.74, 6) is -0.292. The van der Waals surface area contributed by atoms with Crippen LogP contribution in [0.3, 0.4) is 0 Å². The van der Waals surface area contributed by atoms with E-state index in [1.807, 2.05) is 11.4 Å². The molecule has 1 amide bonds. The first-order valence-electron chi connectivity index (χ1n) is 8.15. The molecule has 3 rings (SSSR count). The zero-order valence-corrected chi connectivity index (χ0v) is 13.9. The first-order chi connectivity index (χ1) is 11.2. The van der Waals surface area contributed by atoms with Gasteiger partial charge in [0, 0.05) is 11.8 Å². The fraction of sp³-hybridized carbons (Fsp3) is 0.444. The largest absolute Gasteiger partial charge is 0.392 e. The van der Waals surface area contributed by atoms with Gasteiger partial charge in [0.05, 0.1) is 29.3 Å². The molecule has 5 heteroatoms. The molecule has 23 heavy (non-hydrogen) atoms. The number of thiazole rings is 1. The highest BCUT2D eigenvalue weighted by Gasteiger charge is 2.31. The number of aryl methyl sites for hydroxylation is 2. The molecule has 2 N–H and O–H groups in total. The smallest absolute Gasteiger partial charge is 0.226 e. The van der Waals surface area contributed by atoms with Crippen LogP contribution in [0.25, 0.3) is 0 Å². The van der Waals surface area contributed by atoms with Crippen molar-refractivity contribution in [3.8, 4) is 0 Å². The second-order valence-corrected chi connectivity index (χ2v) is 6.98. The van der Waals surface area contributed by atoms with Crippen molar-refractivity contribution in [1.82, 2.24) is 10.3 Å². The molecule has 0 spiro atoms. The van der Waals surface area contributed by atoms with Crippen LogP contribution in [0.4, 0.5) is 0 Å². The molecule has 1 aliphatic carbocycles. The molecule has 1 aromatic heterocycles. The van der Waals surface area contributed by atoms with Crippen molar-refractivity contribution in [2.75, 3.05) is 0 Å². The minimum atomic E-state index is -0.480. The van der Waals surface area contributed by atoms with E-state index in [0.29, 0.717) is 6.54 Å². The Bertz CT molecular complexity index is 641.